The maximum Gasteiger partial charge on any atom is 0.328 e. The summed E-state index contributed by atoms with van der Waals surface area (Å²) in [6, 6.07) is 1.33. The molecule has 1 atom stereocenters. The van der Waals surface area contributed by atoms with Gasteiger partial charge in [-0.3, -0.25) is 4.79 Å². The van der Waals surface area contributed by atoms with Crippen molar-refractivity contribution < 1.29 is 28.6 Å². The van der Waals surface area contributed by atoms with Gasteiger partial charge in [-0.05, 0) is 18.6 Å². The lowest BCUT2D eigenvalue weighted by molar-refractivity contribution is -0.139. The van der Waals surface area contributed by atoms with E-state index < -0.39 is 24.6 Å². The molecule has 1 aromatic carbocycles. The number of carbonyl (C=O) groups excluding carboxylic acids is 1. The quantitative estimate of drug-likeness (QED) is 0.712. The van der Waals surface area contributed by atoms with Crippen LogP contribution >= 0.6 is 0 Å². The van der Waals surface area contributed by atoms with Crippen molar-refractivity contribution in [3.8, 4) is 11.5 Å². The first-order chi connectivity index (χ1) is 10.5. The predicted molar refractivity (Wildman–Crippen MR) is 78.3 cm³/mol. The summed E-state index contributed by atoms with van der Waals surface area (Å²) in [6.07, 6.45) is 2.05. The molecule has 0 spiro atoms. The van der Waals surface area contributed by atoms with Crippen molar-refractivity contribution >= 4 is 11.9 Å². The van der Waals surface area contributed by atoms with Crippen LogP contribution in [0.3, 0.4) is 0 Å². The number of alkyl halides is 1. The lowest BCUT2D eigenvalue weighted by atomic mass is 10.0. The van der Waals surface area contributed by atoms with Crippen molar-refractivity contribution in [1.29, 1.82) is 0 Å². The molecule has 0 aliphatic carbocycles. The Labute approximate surface area is 127 Å². The molecule has 0 saturated heterocycles. The van der Waals surface area contributed by atoms with E-state index in [0.29, 0.717) is 23.5 Å². The van der Waals surface area contributed by atoms with Gasteiger partial charge in [0.1, 0.15) is 6.67 Å². The predicted octanol–water partition coefficient (Wildman–Crippen LogP) is 1.58. The average Bonchev–Trinajstić information content (AvgIpc) is 2.51. The van der Waals surface area contributed by atoms with E-state index in [0.717, 1.165) is 0 Å². The van der Waals surface area contributed by atoms with Crippen molar-refractivity contribution in [1.82, 2.24) is 5.32 Å². The van der Waals surface area contributed by atoms with Gasteiger partial charge in [-0.25, -0.2) is 9.18 Å². The number of allylic oxidation sites excluding steroid dienone is 1. The SMILES string of the molecule is C=CCc1cc(C(=O)NC(CF)C(=O)O)cc(OC)c1OC. The summed E-state index contributed by atoms with van der Waals surface area (Å²) in [5, 5.41) is 10.9. The Bertz CT molecular complexity index is 573. The van der Waals surface area contributed by atoms with Gasteiger partial charge in [0.25, 0.3) is 5.91 Å². The maximum atomic E-state index is 12.6. The maximum absolute atomic E-state index is 12.6. The van der Waals surface area contributed by atoms with Crippen LogP contribution in [0.5, 0.6) is 11.5 Å². The number of hydrogen-bond donors (Lipinski definition) is 2. The average molecular weight is 311 g/mol. The molecule has 0 bridgehead atoms. The second-order valence-corrected chi connectivity index (χ2v) is 4.38. The van der Waals surface area contributed by atoms with Gasteiger partial charge in [0.05, 0.1) is 14.2 Å². The summed E-state index contributed by atoms with van der Waals surface area (Å²) in [7, 11) is 2.88. The molecule has 2 N–H and O–H groups in total. The van der Waals surface area contributed by atoms with Gasteiger partial charge in [0.15, 0.2) is 17.5 Å². The molecule has 0 fully saturated rings. The number of aliphatic carboxylic acids is 1. The Morgan fingerprint density at radius 3 is 2.55 bits per heavy atom. The highest BCUT2D eigenvalue weighted by atomic mass is 19.1. The summed E-state index contributed by atoms with van der Waals surface area (Å²) >= 11 is 0. The monoisotopic (exact) mass is 311 g/mol. The van der Waals surface area contributed by atoms with Crippen LogP contribution in [0.2, 0.25) is 0 Å². The van der Waals surface area contributed by atoms with Gasteiger partial charge in [-0.15, -0.1) is 6.58 Å². The van der Waals surface area contributed by atoms with Gasteiger partial charge >= 0.3 is 5.97 Å². The van der Waals surface area contributed by atoms with Crippen molar-refractivity contribution in [2.24, 2.45) is 0 Å². The Balaban J connectivity index is 3.18. The minimum Gasteiger partial charge on any atom is -0.493 e. The first-order valence-corrected chi connectivity index (χ1v) is 6.43. The summed E-state index contributed by atoms with van der Waals surface area (Å²) in [6.45, 7) is 2.42. The van der Waals surface area contributed by atoms with E-state index in [2.05, 4.69) is 11.9 Å². The van der Waals surface area contributed by atoms with Crippen molar-refractivity contribution in [2.75, 3.05) is 20.9 Å². The number of carboxylic acids is 1. The zero-order valence-electron chi connectivity index (χ0n) is 12.4. The number of rotatable bonds is 8. The lowest BCUT2D eigenvalue weighted by Crippen LogP contribution is -2.42. The number of amides is 1. The Hall–Kier alpha value is -2.57. The number of nitrogens with one attached hydrogen (secondary N) is 1. The number of hydrogen-bond acceptors (Lipinski definition) is 4. The Morgan fingerprint density at radius 1 is 1.41 bits per heavy atom. The molecule has 0 heterocycles. The molecule has 1 unspecified atom stereocenters. The molecular formula is C15H18FNO5. The van der Waals surface area contributed by atoms with E-state index in [1.807, 2.05) is 0 Å². The van der Waals surface area contributed by atoms with E-state index in [1.165, 1.54) is 26.4 Å². The minimum atomic E-state index is -1.59. The van der Waals surface area contributed by atoms with Crippen LogP contribution in [-0.4, -0.2) is 43.9 Å². The van der Waals surface area contributed by atoms with Crippen LogP contribution in [0, 0.1) is 0 Å². The van der Waals surface area contributed by atoms with E-state index in [4.69, 9.17) is 14.6 Å². The summed E-state index contributed by atoms with van der Waals surface area (Å²) in [5.74, 6) is -1.38. The molecule has 0 aromatic heterocycles. The number of benzene rings is 1. The molecule has 1 aromatic rings. The zero-order valence-corrected chi connectivity index (χ0v) is 12.4. The third-order valence-electron chi connectivity index (χ3n) is 2.94. The van der Waals surface area contributed by atoms with E-state index in [9.17, 15) is 14.0 Å². The van der Waals surface area contributed by atoms with E-state index >= 15 is 0 Å². The normalized spacial score (nSPS) is 11.4. The van der Waals surface area contributed by atoms with Crippen molar-refractivity contribution in [2.45, 2.75) is 12.5 Å². The first-order valence-electron chi connectivity index (χ1n) is 6.43. The highest BCUT2D eigenvalue weighted by Gasteiger charge is 2.22. The fourth-order valence-electron chi connectivity index (χ4n) is 1.89. The zero-order chi connectivity index (χ0) is 16.7. The fourth-order valence-corrected chi connectivity index (χ4v) is 1.89. The molecule has 7 heteroatoms. The van der Waals surface area contributed by atoms with Gasteiger partial charge in [-0.2, -0.15) is 0 Å². The number of halogens is 1. The summed E-state index contributed by atoms with van der Waals surface area (Å²) < 4.78 is 23.0. The molecule has 22 heavy (non-hydrogen) atoms. The number of methoxy groups -OCH3 is 2. The first kappa shape index (κ1) is 17.5. The highest BCUT2D eigenvalue weighted by molar-refractivity contribution is 5.97. The van der Waals surface area contributed by atoms with Crippen LogP contribution < -0.4 is 14.8 Å². The van der Waals surface area contributed by atoms with Crippen LogP contribution in [0.25, 0.3) is 0 Å². The molecule has 1 rings (SSSR count). The van der Waals surface area contributed by atoms with Gasteiger partial charge in [0.2, 0.25) is 0 Å². The second-order valence-electron chi connectivity index (χ2n) is 4.38. The van der Waals surface area contributed by atoms with E-state index in [1.54, 1.807) is 6.08 Å². The molecular weight excluding hydrogens is 293 g/mol. The van der Waals surface area contributed by atoms with Gasteiger partial charge in [0, 0.05) is 11.1 Å². The van der Waals surface area contributed by atoms with Crippen LogP contribution in [0.4, 0.5) is 4.39 Å². The minimum absolute atomic E-state index is 0.147. The third-order valence-corrected chi connectivity index (χ3v) is 2.94. The van der Waals surface area contributed by atoms with Crippen molar-refractivity contribution in [3.63, 3.8) is 0 Å². The molecule has 1 amide bonds. The number of ether oxygens (including phenoxy) is 2. The van der Waals surface area contributed by atoms with Gasteiger partial charge in [-0.1, -0.05) is 6.08 Å². The molecule has 120 valence electrons. The Kier molecular flexibility index (Phi) is 6.37. The smallest absolute Gasteiger partial charge is 0.328 e. The topological polar surface area (TPSA) is 84.9 Å². The third kappa shape index (κ3) is 3.97. The molecule has 0 saturated carbocycles. The summed E-state index contributed by atoms with van der Waals surface area (Å²) in [4.78, 5) is 22.9. The molecule has 0 radical (unpaired) electrons. The molecule has 0 aliphatic heterocycles. The highest BCUT2D eigenvalue weighted by Crippen LogP contribution is 2.33. The second kappa shape index (κ2) is 8.02. The number of carbonyl (C=O) groups is 2. The van der Waals surface area contributed by atoms with Gasteiger partial charge < -0.3 is 19.9 Å². The fraction of sp³-hybridized carbons (Fsp3) is 0.333. The Morgan fingerprint density at radius 2 is 2.09 bits per heavy atom. The van der Waals surface area contributed by atoms with Crippen LogP contribution in [0.1, 0.15) is 15.9 Å². The largest absolute Gasteiger partial charge is 0.493 e. The lowest BCUT2D eigenvalue weighted by Gasteiger charge is -2.15. The van der Waals surface area contributed by atoms with Crippen molar-refractivity contribution in [3.05, 3.63) is 35.9 Å². The van der Waals surface area contributed by atoms with E-state index in [-0.39, 0.29) is 5.56 Å². The standard InChI is InChI=1S/C15H18FNO5/c1-4-5-9-6-10(7-12(21-2)13(9)22-3)14(18)17-11(8-16)15(19)20/h4,6-7,11H,1,5,8H2,2-3H3,(H,17,18)(H,19,20). The summed E-state index contributed by atoms with van der Waals surface area (Å²) in [5.41, 5.74) is 0.795. The molecule has 0 aliphatic rings. The van der Waals surface area contributed by atoms with Crippen LogP contribution in [-0.2, 0) is 11.2 Å². The molecule has 6 nitrogen and oxygen atoms in total. The number of carboxylic acid groups (broad SMARTS) is 1. The van der Waals surface area contributed by atoms with Crippen LogP contribution in [0.15, 0.2) is 24.8 Å².